The number of ether oxygens (including phenoxy) is 1. The number of nitrogens with zero attached hydrogens (tertiary/aromatic N) is 4. The number of hydrogen-bond acceptors (Lipinski definition) is 9. The molecule has 26 heavy (non-hydrogen) atoms. The molecule has 2 heterocycles. The number of esters is 1. The maximum atomic E-state index is 11.9. The summed E-state index contributed by atoms with van der Waals surface area (Å²) in [6, 6.07) is 7.02. The number of carbonyl (C=O) groups is 1. The largest absolute Gasteiger partial charge is 0.465 e. The number of rotatable bonds is 5. The third kappa shape index (κ3) is 4.01. The molecule has 0 bridgehead atoms. The van der Waals surface area contributed by atoms with Gasteiger partial charge in [-0.25, -0.2) is 19.8 Å². The number of likely N-dealkylation sites (N-methyl/N-ethyl adjacent to an activating group) is 1. The van der Waals surface area contributed by atoms with Gasteiger partial charge in [-0.15, -0.1) is 0 Å². The van der Waals surface area contributed by atoms with Crippen LogP contribution in [0.4, 0.5) is 23.0 Å². The zero-order chi connectivity index (χ0) is 18.5. The molecule has 4 N–H and O–H groups in total. The van der Waals surface area contributed by atoms with E-state index in [1.54, 1.807) is 18.2 Å². The van der Waals surface area contributed by atoms with E-state index in [0.717, 1.165) is 26.2 Å². The van der Waals surface area contributed by atoms with Crippen LogP contribution in [-0.2, 0) is 4.74 Å². The van der Waals surface area contributed by atoms with Gasteiger partial charge in [0.25, 0.3) is 0 Å². The molecule has 0 amide bonds. The Balaban J connectivity index is 1.79. The number of anilines is 4. The normalized spacial score (nSPS) is 15.5. The first-order chi connectivity index (χ1) is 12.6. The number of nitrogens with one attached hydrogen (secondary N) is 2. The van der Waals surface area contributed by atoms with Gasteiger partial charge in [-0.05, 0) is 19.2 Å². The average molecular weight is 357 g/mol. The summed E-state index contributed by atoms with van der Waals surface area (Å²) in [5.41, 5.74) is 10.8. The molecule has 138 valence electrons. The van der Waals surface area contributed by atoms with Gasteiger partial charge < -0.3 is 26.1 Å². The minimum atomic E-state index is -0.434. The van der Waals surface area contributed by atoms with Crippen molar-refractivity contribution in [1.82, 2.24) is 19.9 Å². The van der Waals surface area contributed by atoms with Crippen LogP contribution in [0.3, 0.4) is 0 Å². The molecule has 1 aromatic heterocycles. The molecular weight excluding hydrogens is 334 g/mol. The molecule has 1 aliphatic rings. The Kier molecular flexibility index (Phi) is 5.49. The molecule has 1 aliphatic heterocycles. The highest BCUT2D eigenvalue weighted by Gasteiger charge is 2.17. The Labute approximate surface area is 152 Å². The van der Waals surface area contributed by atoms with Crippen molar-refractivity contribution in [3.05, 3.63) is 36.2 Å². The van der Waals surface area contributed by atoms with Crippen LogP contribution < -0.4 is 16.5 Å². The van der Waals surface area contributed by atoms with Gasteiger partial charge in [0.1, 0.15) is 12.0 Å². The highest BCUT2D eigenvalue weighted by Crippen LogP contribution is 2.28. The van der Waals surface area contributed by atoms with E-state index in [9.17, 15) is 4.79 Å². The number of nitrogens with two attached hydrogens (primary N) is 1. The van der Waals surface area contributed by atoms with E-state index in [2.05, 4.69) is 37.7 Å². The SMILES string of the molecule is COC(=O)c1ccccc1Nc1ncnc(NN2CCN(C)CC2)c1N. The summed E-state index contributed by atoms with van der Waals surface area (Å²) in [6.45, 7) is 3.67. The highest BCUT2D eigenvalue weighted by molar-refractivity contribution is 5.97. The second-order valence-electron chi connectivity index (χ2n) is 6.05. The predicted molar refractivity (Wildman–Crippen MR) is 100 cm³/mol. The Hall–Kier alpha value is -2.91. The molecular formula is C17H23N7O2. The molecule has 1 aromatic carbocycles. The van der Waals surface area contributed by atoms with Gasteiger partial charge in [0, 0.05) is 26.2 Å². The fourth-order valence-electron chi connectivity index (χ4n) is 2.66. The number of aromatic nitrogens is 2. The molecule has 2 aromatic rings. The molecule has 0 spiro atoms. The summed E-state index contributed by atoms with van der Waals surface area (Å²) >= 11 is 0. The van der Waals surface area contributed by atoms with Gasteiger partial charge in [-0.2, -0.15) is 0 Å². The molecule has 1 fully saturated rings. The number of nitrogen functional groups attached to an aromatic ring is 1. The van der Waals surface area contributed by atoms with E-state index in [4.69, 9.17) is 10.5 Å². The smallest absolute Gasteiger partial charge is 0.339 e. The van der Waals surface area contributed by atoms with Crippen LogP contribution in [0.1, 0.15) is 10.4 Å². The molecule has 9 nitrogen and oxygen atoms in total. The topological polar surface area (TPSA) is 109 Å². The summed E-state index contributed by atoms with van der Waals surface area (Å²) in [5.74, 6) is 0.520. The van der Waals surface area contributed by atoms with Crippen molar-refractivity contribution in [1.29, 1.82) is 0 Å². The predicted octanol–water partition coefficient (Wildman–Crippen LogP) is 1.16. The molecule has 1 saturated heterocycles. The van der Waals surface area contributed by atoms with Crippen molar-refractivity contribution < 1.29 is 9.53 Å². The summed E-state index contributed by atoms with van der Waals surface area (Å²) in [7, 11) is 3.44. The van der Waals surface area contributed by atoms with Crippen molar-refractivity contribution >= 4 is 29.0 Å². The molecule has 0 atom stereocenters. The zero-order valence-electron chi connectivity index (χ0n) is 14.9. The number of hydrogen-bond donors (Lipinski definition) is 3. The van der Waals surface area contributed by atoms with E-state index >= 15 is 0 Å². The van der Waals surface area contributed by atoms with Crippen molar-refractivity contribution in [3.63, 3.8) is 0 Å². The fourth-order valence-corrected chi connectivity index (χ4v) is 2.66. The van der Waals surface area contributed by atoms with Crippen LogP contribution in [0.25, 0.3) is 0 Å². The lowest BCUT2D eigenvalue weighted by Crippen LogP contribution is -2.47. The van der Waals surface area contributed by atoms with Crippen LogP contribution in [0.2, 0.25) is 0 Å². The number of methoxy groups -OCH3 is 1. The second kappa shape index (κ2) is 7.98. The lowest BCUT2D eigenvalue weighted by Gasteiger charge is -2.33. The maximum Gasteiger partial charge on any atom is 0.339 e. The molecule has 0 unspecified atom stereocenters. The third-order valence-electron chi connectivity index (χ3n) is 4.24. The minimum absolute atomic E-state index is 0.381. The fraction of sp³-hybridized carbons (Fsp3) is 0.353. The number of hydrazine groups is 1. The van der Waals surface area contributed by atoms with Crippen LogP contribution in [0.5, 0.6) is 0 Å². The van der Waals surface area contributed by atoms with Crippen LogP contribution in [0, 0.1) is 0 Å². The van der Waals surface area contributed by atoms with Gasteiger partial charge in [0.05, 0.1) is 18.4 Å². The quantitative estimate of drug-likeness (QED) is 0.679. The van der Waals surface area contributed by atoms with Crippen molar-refractivity contribution in [2.75, 3.05) is 56.8 Å². The first-order valence-electron chi connectivity index (χ1n) is 8.33. The lowest BCUT2D eigenvalue weighted by molar-refractivity contribution is 0.0602. The zero-order valence-corrected chi connectivity index (χ0v) is 14.9. The summed E-state index contributed by atoms with van der Waals surface area (Å²) in [5, 5.41) is 5.17. The van der Waals surface area contributed by atoms with Crippen LogP contribution in [-0.4, -0.2) is 66.2 Å². The van der Waals surface area contributed by atoms with E-state index in [-0.39, 0.29) is 0 Å². The first-order valence-corrected chi connectivity index (χ1v) is 8.33. The van der Waals surface area contributed by atoms with Crippen molar-refractivity contribution in [2.24, 2.45) is 0 Å². The van der Waals surface area contributed by atoms with Gasteiger partial charge in [-0.1, -0.05) is 12.1 Å². The number of piperazine rings is 1. The Morgan fingerprint density at radius 1 is 1.15 bits per heavy atom. The molecule has 3 rings (SSSR count). The van der Waals surface area contributed by atoms with Crippen molar-refractivity contribution in [3.8, 4) is 0 Å². The molecule has 0 saturated carbocycles. The van der Waals surface area contributed by atoms with Gasteiger partial charge >= 0.3 is 5.97 Å². The second-order valence-corrected chi connectivity index (χ2v) is 6.05. The summed E-state index contributed by atoms with van der Waals surface area (Å²) in [4.78, 5) is 22.6. The van der Waals surface area contributed by atoms with Gasteiger partial charge in [0.15, 0.2) is 11.6 Å². The third-order valence-corrected chi connectivity index (χ3v) is 4.24. The minimum Gasteiger partial charge on any atom is -0.465 e. The first kappa shape index (κ1) is 17.9. The van der Waals surface area contributed by atoms with Gasteiger partial charge in [0.2, 0.25) is 0 Å². The van der Waals surface area contributed by atoms with E-state index in [1.807, 2.05) is 6.07 Å². The van der Waals surface area contributed by atoms with Crippen LogP contribution in [0.15, 0.2) is 30.6 Å². The monoisotopic (exact) mass is 357 g/mol. The molecule has 0 radical (unpaired) electrons. The standard InChI is InChI=1S/C17H23N7O2/c1-23-7-9-24(10-8-23)22-16-14(18)15(19-11-20-16)21-13-6-4-3-5-12(13)17(25)26-2/h3-6,11H,7-10,18H2,1-2H3,(H2,19,20,21,22). The number of carbonyl (C=O) groups excluding carboxylic acids is 1. The van der Waals surface area contributed by atoms with E-state index < -0.39 is 5.97 Å². The summed E-state index contributed by atoms with van der Waals surface area (Å²) in [6.07, 6.45) is 1.43. The van der Waals surface area contributed by atoms with Crippen molar-refractivity contribution in [2.45, 2.75) is 0 Å². The van der Waals surface area contributed by atoms with E-state index in [0.29, 0.717) is 28.6 Å². The Morgan fingerprint density at radius 3 is 2.58 bits per heavy atom. The van der Waals surface area contributed by atoms with Crippen LogP contribution >= 0.6 is 0 Å². The maximum absolute atomic E-state index is 11.9. The molecule has 9 heteroatoms. The van der Waals surface area contributed by atoms with Gasteiger partial charge in [-0.3, -0.25) is 0 Å². The van der Waals surface area contributed by atoms with E-state index in [1.165, 1.54) is 13.4 Å². The highest BCUT2D eigenvalue weighted by atomic mass is 16.5. The Bertz CT molecular complexity index is 775. The lowest BCUT2D eigenvalue weighted by atomic mass is 10.2. The number of para-hydroxylation sites is 1. The molecule has 0 aliphatic carbocycles. The summed E-state index contributed by atoms with van der Waals surface area (Å²) < 4.78 is 4.81. The Morgan fingerprint density at radius 2 is 1.85 bits per heavy atom. The number of benzene rings is 1. The average Bonchev–Trinajstić information content (AvgIpc) is 2.66.